The Morgan fingerprint density at radius 2 is 2.00 bits per heavy atom. The molecule has 2 heterocycles. The van der Waals surface area contributed by atoms with Gasteiger partial charge in [0.25, 0.3) is 5.91 Å². The first-order chi connectivity index (χ1) is 11.5. The topological polar surface area (TPSA) is 43.8 Å². The highest BCUT2D eigenvalue weighted by molar-refractivity contribution is 5.86. The van der Waals surface area contributed by atoms with E-state index in [2.05, 4.69) is 36.9 Å². The Balaban J connectivity index is 1.65. The number of aryl methyl sites for hydroxylation is 1. The number of piperidine rings is 2. The Morgan fingerprint density at radius 3 is 2.71 bits per heavy atom. The molecule has 2 saturated heterocycles. The van der Waals surface area contributed by atoms with Gasteiger partial charge in [0.15, 0.2) is 5.60 Å². The monoisotopic (exact) mass is 330 g/mol. The molecule has 0 radical (unpaired) electrons. The lowest BCUT2D eigenvalue weighted by Crippen LogP contribution is -2.59. The van der Waals surface area contributed by atoms with E-state index in [-0.39, 0.29) is 5.91 Å². The average molecular weight is 330 g/mol. The second-order valence-electron chi connectivity index (χ2n) is 7.81. The van der Waals surface area contributed by atoms with Crippen molar-refractivity contribution in [2.75, 3.05) is 26.2 Å². The second-order valence-corrected chi connectivity index (χ2v) is 7.81. The predicted octanol–water partition coefficient (Wildman–Crippen LogP) is 2.58. The van der Waals surface area contributed by atoms with Gasteiger partial charge in [-0.1, -0.05) is 36.8 Å². The Hall–Kier alpha value is -1.39. The first-order valence-corrected chi connectivity index (χ1v) is 9.26. The lowest BCUT2D eigenvalue weighted by Gasteiger charge is -2.42. The molecular formula is C20H30N2O2. The van der Waals surface area contributed by atoms with Crippen molar-refractivity contribution in [3.8, 4) is 0 Å². The van der Waals surface area contributed by atoms with Gasteiger partial charge in [-0.2, -0.15) is 0 Å². The van der Waals surface area contributed by atoms with Crippen molar-refractivity contribution in [2.24, 2.45) is 5.92 Å². The first kappa shape index (κ1) is 17.4. The minimum atomic E-state index is -1.21. The summed E-state index contributed by atoms with van der Waals surface area (Å²) in [6.45, 7) is 8.16. The Bertz CT molecular complexity index is 581. The molecule has 4 nitrogen and oxygen atoms in total. The summed E-state index contributed by atoms with van der Waals surface area (Å²) in [6.07, 6.45) is 3.79. The highest BCUT2D eigenvalue weighted by atomic mass is 16.3. The number of carbonyl (C=O) groups is 1. The molecule has 2 aliphatic rings. The number of aliphatic hydroxyl groups is 1. The maximum atomic E-state index is 12.9. The van der Waals surface area contributed by atoms with Gasteiger partial charge >= 0.3 is 0 Å². The van der Waals surface area contributed by atoms with Crippen molar-refractivity contribution < 1.29 is 9.90 Å². The molecule has 3 rings (SSSR count). The van der Waals surface area contributed by atoms with Crippen LogP contribution >= 0.6 is 0 Å². The largest absolute Gasteiger partial charge is 0.379 e. The molecular weight excluding hydrogens is 300 g/mol. The van der Waals surface area contributed by atoms with Gasteiger partial charge in [-0.15, -0.1) is 0 Å². The van der Waals surface area contributed by atoms with E-state index >= 15 is 0 Å². The summed E-state index contributed by atoms with van der Waals surface area (Å²) in [5.74, 6) is 0.671. The molecule has 1 N–H and O–H groups in total. The van der Waals surface area contributed by atoms with Crippen molar-refractivity contribution in [3.63, 3.8) is 0 Å². The molecule has 24 heavy (non-hydrogen) atoms. The van der Waals surface area contributed by atoms with Crippen LogP contribution in [-0.2, 0) is 11.3 Å². The first-order valence-electron chi connectivity index (χ1n) is 9.26. The van der Waals surface area contributed by atoms with Crippen LogP contribution in [0, 0.1) is 12.8 Å². The standard InChI is InChI=1S/C20H30N2O2/c1-16-7-11-21(12-8-16)15-20(24)9-4-10-22(19(20)23)14-18-6-3-5-17(2)13-18/h3,5-6,13,16,24H,4,7-12,14-15H2,1-2H3. The summed E-state index contributed by atoms with van der Waals surface area (Å²) in [6, 6.07) is 8.27. The molecule has 1 amide bonds. The molecule has 1 aromatic carbocycles. The minimum Gasteiger partial charge on any atom is -0.379 e. The van der Waals surface area contributed by atoms with Crippen LogP contribution in [0.25, 0.3) is 0 Å². The lowest BCUT2D eigenvalue weighted by atomic mass is 9.89. The zero-order chi connectivity index (χ0) is 17.2. The fraction of sp³-hybridized carbons (Fsp3) is 0.650. The number of β-amino-alcohol motifs (C(OH)–C–C–N with tert-alkyl or cyclic N) is 1. The van der Waals surface area contributed by atoms with Gasteiger partial charge in [0.2, 0.25) is 0 Å². The number of carbonyl (C=O) groups excluding carboxylic acids is 1. The van der Waals surface area contributed by atoms with E-state index < -0.39 is 5.60 Å². The zero-order valence-electron chi connectivity index (χ0n) is 15.0. The molecule has 4 heteroatoms. The molecule has 2 aliphatic heterocycles. The normalized spacial score (nSPS) is 26.8. The van der Waals surface area contributed by atoms with Crippen molar-refractivity contribution in [1.29, 1.82) is 0 Å². The number of hydrogen-bond donors (Lipinski definition) is 1. The van der Waals surface area contributed by atoms with E-state index in [4.69, 9.17) is 0 Å². The lowest BCUT2D eigenvalue weighted by molar-refractivity contribution is -0.160. The van der Waals surface area contributed by atoms with Crippen molar-refractivity contribution >= 4 is 5.91 Å². The van der Waals surface area contributed by atoms with Crippen LogP contribution < -0.4 is 0 Å². The number of amides is 1. The smallest absolute Gasteiger partial charge is 0.256 e. The second kappa shape index (κ2) is 7.24. The number of likely N-dealkylation sites (tertiary alicyclic amines) is 2. The zero-order valence-corrected chi connectivity index (χ0v) is 15.0. The van der Waals surface area contributed by atoms with Crippen LogP contribution in [0.1, 0.15) is 43.7 Å². The molecule has 0 bridgehead atoms. The van der Waals surface area contributed by atoms with Gasteiger partial charge in [-0.25, -0.2) is 0 Å². The fourth-order valence-corrected chi connectivity index (χ4v) is 3.98. The van der Waals surface area contributed by atoms with Gasteiger partial charge in [-0.05, 0) is 57.2 Å². The third kappa shape index (κ3) is 3.98. The summed E-state index contributed by atoms with van der Waals surface area (Å²) < 4.78 is 0. The fourth-order valence-electron chi connectivity index (χ4n) is 3.98. The highest BCUT2D eigenvalue weighted by Gasteiger charge is 2.43. The molecule has 2 fully saturated rings. The SMILES string of the molecule is Cc1cccc(CN2CCCC(O)(CN3CCC(C)CC3)C2=O)c1. The van der Waals surface area contributed by atoms with Crippen LogP contribution in [-0.4, -0.2) is 52.6 Å². The summed E-state index contributed by atoms with van der Waals surface area (Å²) >= 11 is 0. The van der Waals surface area contributed by atoms with E-state index in [1.54, 1.807) is 0 Å². The maximum absolute atomic E-state index is 12.9. The van der Waals surface area contributed by atoms with Gasteiger partial charge < -0.3 is 10.0 Å². The van der Waals surface area contributed by atoms with Crippen molar-refractivity contribution in [3.05, 3.63) is 35.4 Å². The Kier molecular flexibility index (Phi) is 5.26. The van der Waals surface area contributed by atoms with Crippen molar-refractivity contribution in [2.45, 2.75) is 51.7 Å². The van der Waals surface area contributed by atoms with Crippen LogP contribution in [0.3, 0.4) is 0 Å². The van der Waals surface area contributed by atoms with Crippen LogP contribution in [0.5, 0.6) is 0 Å². The third-order valence-electron chi connectivity index (χ3n) is 5.52. The molecule has 0 aromatic heterocycles. The highest BCUT2D eigenvalue weighted by Crippen LogP contribution is 2.27. The van der Waals surface area contributed by atoms with Crippen molar-refractivity contribution in [1.82, 2.24) is 9.80 Å². The summed E-state index contributed by atoms with van der Waals surface area (Å²) in [5, 5.41) is 11.0. The maximum Gasteiger partial charge on any atom is 0.256 e. The molecule has 132 valence electrons. The average Bonchev–Trinajstić information content (AvgIpc) is 2.54. The number of rotatable bonds is 4. The summed E-state index contributed by atoms with van der Waals surface area (Å²) in [5.41, 5.74) is 1.14. The van der Waals surface area contributed by atoms with E-state index in [9.17, 15) is 9.90 Å². The third-order valence-corrected chi connectivity index (χ3v) is 5.52. The Labute approximate surface area is 145 Å². The van der Waals surface area contributed by atoms with Gasteiger partial charge in [0.05, 0.1) is 0 Å². The quantitative estimate of drug-likeness (QED) is 0.923. The minimum absolute atomic E-state index is 0.0890. The molecule has 1 unspecified atom stereocenters. The number of nitrogens with zero attached hydrogens (tertiary/aromatic N) is 2. The van der Waals surface area contributed by atoms with E-state index in [0.717, 1.165) is 50.4 Å². The van der Waals surface area contributed by atoms with E-state index in [1.807, 2.05) is 11.0 Å². The van der Waals surface area contributed by atoms with Crippen LogP contribution in [0.2, 0.25) is 0 Å². The van der Waals surface area contributed by atoms with Crippen LogP contribution in [0.15, 0.2) is 24.3 Å². The van der Waals surface area contributed by atoms with Gasteiger partial charge in [-0.3, -0.25) is 9.69 Å². The molecule has 0 aliphatic carbocycles. The molecule has 0 spiro atoms. The predicted molar refractivity (Wildman–Crippen MR) is 95.6 cm³/mol. The Morgan fingerprint density at radius 1 is 1.25 bits per heavy atom. The van der Waals surface area contributed by atoms with Crippen LogP contribution in [0.4, 0.5) is 0 Å². The van der Waals surface area contributed by atoms with E-state index in [0.29, 0.717) is 19.5 Å². The molecule has 1 atom stereocenters. The number of hydrogen-bond acceptors (Lipinski definition) is 3. The number of benzene rings is 1. The van der Waals surface area contributed by atoms with E-state index in [1.165, 1.54) is 5.56 Å². The summed E-state index contributed by atoms with van der Waals surface area (Å²) in [4.78, 5) is 17.0. The summed E-state index contributed by atoms with van der Waals surface area (Å²) in [7, 11) is 0. The van der Waals surface area contributed by atoms with Gasteiger partial charge in [0, 0.05) is 19.6 Å². The van der Waals surface area contributed by atoms with Gasteiger partial charge in [0.1, 0.15) is 0 Å². The molecule has 1 aromatic rings. The molecule has 0 saturated carbocycles.